The van der Waals surface area contributed by atoms with Crippen molar-refractivity contribution < 1.29 is 0 Å². The van der Waals surface area contributed by atoms with E-state index in [1.807, 2.05) is 122 Å². The minimum atomic E-state index is 0.592. The topological polar surface area (TPSA) is 90.2 Å². The molecule has 50 heavy (non-hydrogen) atoms. The first-order valence-corrected chi connectivity index (χ1v) is 16.3. The highest BCUT2D eigenvalue weighted by Gasteiger charge is 2.21. The molecule has 0 saturated carbocycles. The zero-order valence-electron chi connectivity index (χ0n) is 26.7. The second-order valence-electron chi connectivity index (χ2n) is 11.8. The molecule has 234 valence electrons. The van der Waals surface area contributed by atoms with Gasteiger partial charge in [-0.05, 0) is 11.1 Å². The second kappa shape index (κ2) is 12.6. The van der Waals surface area contributed by atoms with Crippen molar-refractivity contribution in [3.8, 4) is 67.8 Å². The van der Waals surface area contributed by atoms with Gasteiger partial charge in [0.25, 0.3) is 0 Å². The number of hydrogen-bond donors (Lipinski definition) is 0. The van der Waals surface area contributed by atoms with E-state index < -0.39 is 0 Å². The number of rotatable bonds is 6. The fourth-order valence-electron chi connectivity index (χ4n) is 6.35. The molecule has 3 heterocycles. The lowest BCUT2D eigenvalue weighted by Gasteiger charge is -2.17. The minimum Gasteiger partial charge on any atom is -0.244 e. The maximum atomic E-state index is 5.26. The van der Waals surface area contributed by atoms with Crippen molar-refractivity contribution in [3.05, 3.63) is 164 Å². The lowest BCUT2D eigenvalue weighted by Crippen LogP contribution is -2.00. The molecule has 0 atom stereocenters. The van der Waals surface area contributed by atoms with Crippen molar-refractivity contribution in [2.45, 2.75) is 0 Å². The van der Waals surface area contributed by atoms with E-state index in [1.165, 1.54) is 0 Å². The molecule has 6 aromatic carbocycles. The molecule has 0 aliphatic rings. The van der Waals surface area contributed by atoms with Crippen LogP contribution in [0.5, 0.6) is 0 Å². The standard InChI is InChI=1S/C43H27N7/c1-5-13-28(14-6-1)36-37(29-15-7-2-8-16-29)39-35(34-25-44-27-46-38(34)36)26-45-40(47-39)32-21-23-33(24-22-32)43-49-41(30-17-9-3-10-18-30)48-42(50-43)31-19-11-4-12-20-31/h1-27H. The molecule has 7 heteroatoms. The summed E-state index contributed by atoms with van der Waals surface area (Å²) in [7, 11) is 0. The summed E-state index contributed by atoms with van der Waals surface area (Å²) in [5.41, 5.74) is 9.42. The summed E-state index contributed by atoms with van der Waals surface area (Å²) in [4.78, 5) is 33.9. The van der Waals surface area contributed by atoms with Gasteiger partial charge in [-0.3, -0.25) is 0 Å². The number of hydrogen-bond acceptors (Lipinski definition) is 7. The third kappa shape index (κ3) is 5.33. The summed E-state index contributed by atoms with van der Waals surface area (Å²) in [6.07, 6.45) is 5.35. The molecular weight excluding hydrogens is 615 g/mol. The van der Waals surface area contributed by atoms with Crippen LogP contribution >= 0.6 is 0 Å². The molecule has 3 aromatic heterocycles. The molecular formula is C43H27N7. The Hall–Kier alpha value is -6.99. The fourth-order valence-corrected chi connectivity index (χ4v) is 6.35. The Morgan fingerprint density at radius 3 is 1.20 bits per heavy atom. The van der Waals surface area contributed by atoms with Gasteiger partial charge in [-0.2, -0.15) is 0 Å². The lowest BCUT2D eigenvalue weighted by atomic mass is 9.89. The lowest BCUT2D eigenvalue weighted by molar-refractivity contribution is 1.07. The van der Waals surface area contributed by atoms with Crippen LogP contribution in [0.15, 0.2) is 164 Å². The molecule has 0 aliphatic heterocycles. The first-order chi connectivity index (χ1) is 24.8. The van der Waals surface area contributed by atoms with E-state index >= 15 is 0 Å². The monoisotopic (exact) mass is 641 g/mol. The molecule has 7 nitrogen and oxygen atoms in total. The van der Waals surface area contributed by atoms with Gasteiger partial charge >= 0.3 is 0 Å². The van der Waals surface area contributed by atoms with Gasteiger partial charge in [0.1, 0.15) is 6.33 Å². The zero-order valence-corrected chi connectivity index (χ0v) is 26.7. The van der Waals surface area contributed by atoms with Gasteiger partial charge in [-0.15, -0.1) is 0 Å². The third-order valence-electron chi connectivity index (χ3n) is 8.74. The first-order valence-electron chi connectivity index (χ1n) is 16.3. The number of benzene rings is 6. The Labute approximate surface area is 288 Å². The van der Waals surface area contributed by atoms with Crippen LogP contribution in [-0.4, -0.2) is 34.9 Å². The Balaban J connectivity index is 1.20. The number of fused-ring (bicyclic) bond motifs is 3. The van der Waals surface area contributed by atoms with Gasteiger partial charge in [0.05, 0.1) is 11.0 Å². The molecule has 0 unspecified atom stereocenters. The van der Waals surface area contributed by atoms with Crippen LogP contribution in [0.2, 0.25) is 0 Å². The van der Waals surface area contributed by atoms with Crippen LogP contribution in [0.1, 0.15) is 0 Å². The average molecular weight is 642 g/mol. The molecule has 0 saturated heterocycles. The summed E-state index contributed by atoms with van der Waals surface area (Å²) in [6.45, 7) is 0. The fraction of sp³-hybridized carbons (Fsp3) is 0. The van der Waals surface area contributed by atoms with Gasteiger partial charge in [-0.25, -0.2) is 34.9 Å². The van der Waals surface area contributed by atoms with Gasteiger partial charge in [-0.1, -0.05) is 146 Å². The zero-order chi connectivity index (χ0) is 33.3. The van der Waals surface area contributed by atoms with Gasteiger partial charge in [0.15, 0.2) is 23.3 Å². The summed E-state index contributed by atoms with van der Waals surface area (Å²) >= 11 is 0. The molecule has 0 fully saturated rings. The number of aromatic nitrogens is 7. The van der Waals surface area contributed by atoms with Crippen LogP contribution in [0.3, 0.4) is 0 Å². The van der Waals surface area contributed by atoms with Crippen LogP contribution in [-0.2, 0) is 0 Å². The summed E-state index contributed by atoms with van der Waals surface area (Å²) in [5.74, 6) is 2.45. The quantitative estimate of drug-likeness (QED) is 0.167. The molecule has 0 aliphatic carbocycles. The highest BCUT2D eigenvalue weighted by Crippen LogP contribution is 2.43. The van der Waals surface area contributed by atoms with Crippen LogP contribution in [0.25, 0.3) is 89.6 Å². The molecule has 0 spiro atoms. The largest absolute Gasteiger partial charge is 0.244 e. The number of nitrogens with zero attached hydrogens (tertiary/aromatic N) is 7. The Bertz CT molecular complexity index is 2560. The summed E-state index contributed by atoms with van der Waals surface area (Å²) in [5, 5.41) is 1.80. The third-order valence-corrected chi connectivity index (χ3v) is 8.74. The highest BCUT2D eigenvalue weighted by atomic mass is 15.0. The van der Waals surface area contributed by atoms with E-state index in [4.69, 9.17) is 29.9 Å². The van der Waals surface area contributed by atoms with Crippen molar-refractivity contribution in [2.24, 2.45) is 0 Å². The van der Waals surface area contributed by atoms with Crippen LogP contribution < -0.4 is 0 Å². The molecule has 0 amide bonds. The predicted molar refractivity (Wildman–Crippen MR) is 199 cm³/mol. The van der Waals surface area contributed by atoms with Gasteiger partial charge in [0, 0.05) is 56.5 Å². The van der Waals surface area contributed by atoms with Crippen molar-refractivity contribution in [3.63, 3.8) is 0 Å². The second-order valence-corrected chi connectivity index (χ2v) is 11.8. The highest BCUT2D eigenvalue weighted by molar-refractivity contribution is 6.19. The van der Waals surface area contributed by atoms with Crippen molar-refractivity contribution in [1.29, 1.82) is 0 Å². The van der Waals surface area contributed by atoms with Gasteiger partial charge in [0.2, 0.25) is 0 Å². The Morgan fingerprint density at radius 1 is 0.300 bits per heavy atom. The SMILES string of the molecule is c1ccc(-c2nc(-c3ccccc3)nc(-c3ccc(-c4ncc5c(n4)c(-c4ccccc4)c(-c4ccccc4)c4ncncc45)cc3)n2)cc1. The van der Waals surface area contributed by atoms with Gasteiger partial charge < -0.3 is 0 Å². The maximum Gasteiger partial charge on any atom is 0.164 e. The van der Waals surface area contributed by atoms with E-state index in [0.29, 0.717) is 23.3 Å². The molecule has 9 aromatic rings. The van der Waals surface area contributed by atoms with Crippen molar-refractivity contribution in [1.82, 2.24) is 34.9 Å². The predicted octanol–water partition coefficient (Wildman–Crippen LogP) is 9.76. The van der Waals surface area contributed by atoms with Crippen molar-refractivity contribution in [2.75, 3.05) is 0 Å². The normalized spacial score (nSPS) is 11.2. The molecule has 0 radical (unpaired) electrons. The average Bonchev–Trinajstić information content (AvgIpc) is 3.21. The van der Waals surface area contributed by atoms with Crippen molar-refractivity contribution >= 4 is 21.8 Å². The summed E-state index contributed by atoms with van der Waals surface area (Å²) < 4.78 is 0. The smallest absolute Gasteiger partial charge is 0.164 e. The Kier molecular flexibility index (Phi) is 7.33. The van der Waals surface area contributed by atoms with E-state index in [0.717, 1.165) is 66.3 Å². The Morgan fingerprint density at radius 2 is 0.700 bits per heavy atom. The minimum absolute atomic E-state index is 0.592. The molecule has 0 N–H and O–H groups in total. The van der Waals surface area contributed by atoms with E-state index in [9.17, 15) is 0 Å². The van der Waals surface area contributed by atoms with E-state index in [2.05, 4.69) is 41.4 Å². The molecule has 9 rings (SSSR count). The maximum absolute atomic E-state index is 5.26. The van der Waals surface area contributed by atoms with Crippen LogP contribution in [0, 0.1) is 0 Å². The van der Waals surface area contributed by atoms with E-state index in [1.54, 1.807) is 6.33 Å². The molecule has 0 bridgehead atoms. The first kappa shape index (κ1) is 29.2. The van der Waals surface area contributed by atoms with Crippen LogP contribution in [0.4, 0.5) is 0 Å². The summed E-state index contributed by atoms with van der Waals surface area (Å²) in [6, 6.07) is 48.8. The van der Waals surface area contributed by atoms with E-state index in [-0.39, 0.29) is 0 Å².